The van der Waals surface area contributed by atoms with E-state index >= 15 is 0 Å². The van der Waals surface area contributed by atoms with Crippen LogP contribution in [-0.2, 0) is 0 Å². The third-order valence-electron chi connectivity index (χ3n) is 0. The summed E-state index contributed by atoms with van der Waals surface area (Å²) in [7, 11) is -4.61. The Morgan fingerprint density at radius 3 is 0.875 bits per heavy atom. The van der Waals surface area contributed by atoms with Gasteiger partial charge >= 0.3 is 76.3 Å². The maximum atomic E-state index is 7.33. The van der Waals surface area contributed by atoms with E-state index in [1.165, 1.54) is 0 Å². The van der Waals surface area contributed by atoms with Crippen molar-refractivity contribution in [3.8, 4) is 0 Å². The van der Waals surface area contributed by atoms with E-state index in [0.29, 0.717) is 0 Å². The van der Waals surface area contributed by atoms with Crippen LogP contribution in [0.4, 0.5) is 0 Å². The second-order valence-corrected chi connectivity index (χ2v) is 1.80. The second-order valence-electron chi connectivity index (χ2n) is 0.600. The molecule has 0 aromatic carbocycles. The Morgan fingerprint density at radius 2 is 0.875 bits per heavy atom. The van der Waals surface area contributed by atoms with Crippen LogP contribution in [0, 0.1) is 0 Å². The molecule has 0 aromatic rings. The van der Waals surface area contributed by atoms with Crippen LogP contribution < -0.4 is 0 Å². The van der Waals surface area contributed by atoms with Crippen LogP contribution in [-0.4, -0.2) is 113 Å². The molecule has 0 fully saturated rings. The summed E-state index contributed by atoms with van der Waals surface area (Å²) >= 11 is 0. The first-order valence-electron chi connectivity index (χ1n) is 0.894. The van der Waals surface area contributed by atoms with Gasteiger partial charge in [0.2, 0.25) is 0 Å². The first kappa shape index (κ1) is 22.4. The molecule has 0 aliphatic carbocycles. The maximum absolute atomic E-state index is 7.33. The van der Waals surface area contributed by atoms with Crippen molar-refractivity contribution >= 4 is 93.7 Å². The number of rotatable bonds is 0. The topological polar surface area (TPSA) is 80.9 Å². The van der Waals surface area contributed by atoms with Gasteiger partial charge in [-0.3, -0.25) is 0 Å². The van der Waals surface area contributed by atoms with Crippen LogP contribution in [0.15, 0.2) is 0 Å². The third kappa shape index (κ3) is 67.2. The van der Waals surface area contributed by atoms with E-state index in [-0.39, 0.29) is 84.7 Å². The Balaban J connectivity index is -0.0000000267. The average molecular weight is 192 g/mol. The van der Waals surface area contributed by atoms with Gasteiger partial charge in [0.15, 0.2) is 17.4 Å². The van der Waals surface area contributed by atoms with Gasteiger partial charge in [0.05, 0.1) is 0 Å². The molecule has 8 heteroatoms. The van der Waals surface area contributed by atoms with Crippen LogP contribution in [0.1, 0.15) is 0 Å². The zero-order chi connectivity index (χ0) is 4.50. The Hall–Kier alpha value is 2.85. The van der Waals surface area contributed by atoms with Gasteiger partial charge in [-0.15, -0.1) is 0 Å². The summed E-state index contributed by atoms with van der Waals surface area (Å²) in [5, 5.41) is 0. The van der Waals surface area contributed by atoms with E-state index in [9.17, 15) is 0 Å². The predicted molar refractivity (Wildman–Crippen MR) is 40.3 cm³/mol. The van der Waals surface area contributed by atoms with E-state index in [4.69, 9.17) is 19.2 Å². The molecular weight excluding hydrogens is 182 g/mol. The van der Waals surface area contributed by atoms with E-state index in [1.807, 2.05) is 0 Å². The molecule has 0 saturated heterocycles. The van der Waals surface area contributed by atoms with Crippen molar-refractivity contribution in [2.45, 2.75) is 0 Å². The van der Waals surface area contributed by atoms with E-state index < -0.39 is 9.05 Å². The van der Waals surface area contributed by atoms with Crippen molar-refractivity contribution in [2.24, 2.45) is 0 Å². The first-order chi connectivity index (χ1) is 2.00. The van der Waals surface area contributed by atoms with Crippen LogP contribution in [0.5, 0.6) is 0 Å². The van der Waals surface area contributed by atoms with Crippen LogP contribution in [0.2, 0.25) is 0 Å². The molecular formula is H10AlCaNaO4Si. The fourth-order valence-electron chi connectivity index (χ4n) is 0. The summed E-state index contributed by atoms with van der Waals surface area (Å²) in [5.41, 5.74) is 0. The molecule has 0 aliphatic rings. The van der Waals surface area contributed by atoms with Gasteiger partial charge in [0.25, 0.3) is 0 Å². The molecule has 0 aromatic heterocycles. The van der Waals surface area contributed by atoms with Crippen LogP contribution >= 0.6 is 0 Å². The van der Waals surface area contributed by atoms with Crippen molar-refractivity contribution in [1.29, 1.82) is 0 Å². The summed E-state index contributed by atoms with van der Waals surface area (Å²) < 4.78 is 0. The van der Waals surface area contributed by atoms with Gasteiger partial charge in [0, 0.05) is 0 Å². The first-order valence-corrected chi connectivity index (χ1v) is 2.68. The quantitative estimate of drug-likeness (QED) is 0.289. The Labute approximate surface area is 111 Å². The van der Waals surface area contributed by atoms with E-state index in [0.717, 1.165) is 0 Å². The Kier molecular flexibility index (Phi) is 27.6. The van der Waals surface area contributed by atoms with Crippen LogP contribution in [0.3, 0.4) is 0 Å². The zero-order valence-corrected chi connectivity index (χ0v) is 3.29. The molecule has 0 spiro atoms. The summed E-state index contributed by atoms with van der Waals surface area (Å²) in [6, 6.07) is 0. The molecule has 0 bridgehead atoms. The van der Waals surface area contributed by atoms with Crippen molar-refractivity contribution in [3.05, 3.63) is 0 Å². The minimum absolute atomic E-state index is 0. The van der Waals surface area contributed by atoms with Gasteiger partial charge in [-0.2, -0.15) is 0 Å². The van der Waals surface area contributed by atoms with Gasteiger partial charge < -0.3 is 19.2 Å². The molecule has 0 saturated carbocycles. The van der Waals surface area contributed by atoms with E-state index in [2.05, 4.69) is 0 Å². The zero-order valence-electron chi connectivity index (χ0n) is 2.29. The monoisotopic (exact) mass is 192 g/mol. The minimum atomic E-state index is -4.61. The molecule has 0 rings (SSSR count). The summed E-state index contributed by atoms with van der Waals surface area (Å²) in [4.78, 5) is 29.3. The molecule has 0 aliphatic heterocycles. The second kappa shape index (κ2) is 9.85. The summed E-state index contributed by atoms with van der Waals surface area (Å²) in [6.45, 7) is 0. The van der Waals surface area contributed by atoms with Crippen molar-refractivity contribution in [3.63, 3.8) is 0 Å². The molecule has 4 nitrogen and oxygen atoms in total. The van der Waals surface area contributed by atoms with Gasteiger partial charge in [-0.25, -0.2) is 0 Å². The molecule has 44 valence electrons. The Morgan fingerprint density at radius 1 is 0.875 bits per heavy atom. The van der Waals surface area contributed by atoms with Crippen LogP contribution in [0.25, 0.3) is 0 Å². The van der Waals surface area contributed by atoms with Crippen molar-refractivity contribution < 1.29 is 19.2 Å². The SMILES string of the molecule is O[Si](O)(O)O.[AlH3].[CaH2].[NaH]. The molecule has 8 heavy (non-hydrogen) atoms. The van der Waals surface area contributed by atoms with Gasteiger partial charge in [-0.1, -0.05) is 0 Å². The fraction of sp³-hybridized carbons (Fsp3) is 0. The molecule has 4 N–H and O–H groups in total. The van der Waals surface area contributed by atoms with Gasteiger partial charge in [0.1, 0.15) is 0 Å². The molecule has 0 radical (unpaired) electrons. The average Bonchev–Trinajstić information content (AvgIpc) is 0.722. The Bertz CT molecular complexity index is 31.5. The van der Waals surface area contributed by atoms with E-state index in [1.54, 1.807) is 0 Å². The third-order valence-corrected chi connectivity index (χ3v) is 0. The predicted octanol–water partition coefficient (Wildman–Crippen LogP) is -5.36. The van der Waals surface area contributed by atoms with Crippen molar-refractivity contribution in [1.82, 2.24) is 0 Å². The number of hydrogen-bond donors (Lipinski definition) is 4. The molecule has 0 atom stereocenters. The summed E-state index contributed by atoms with van der Waals surface area (Å²) in [6.07, 6.45) is 0. The van der Waals surface area contributed by atoms with Crippen molar-refractivity contribution in [2.75, 3.05) is 0 Å². The van der Waals surface area contributed by atoms with Gasteiger partial charge in [-0.05, 0) is 0 Å². The normalized spacial score (nSPS) is 7.50. The summed E-state index contributed by atoms with van der Waals surface area (Å²) in [5.74, 6) is 0. The standard InChI is InChI=1S/Al.Ca.Na.H4O4Si.6H/c;;;1-5(2,3)4;;;;;;/h;;;1-4H;;;;;;. The molecule has 0 unspecified atom stereocenters. The number of hydrogen-bond acceptors (Lipinski definition) is 4. The fourth-order valence-corrected chi connectivity index (χ4v) is 0. The molecule has 0 heterocycles. The molecule has 0 amide bonds.